The van der Waals surface area contributed by atoms with Crippen LogP contribution in [0.3, 0.4) is 0 Å². The number of aliphatic hydroxyl groups excluding tert-OH is 2. The van der Waals surface area contributed by atoms with Crippen LogP contribution in [0.5, 0.6) is 0 Å². The molecule has 6 heteroatoms. The molecule has 0 aromatic carbocycles. The standard InChI is InChI=1S/C66H123NO5/c1-3-5-7-9-11-13-15-17-31-34-38-42-46-50-54-58-64(69)63(62-68)67-65(70)59-55-51-47-43-39-35-32-29-27-25-23-21-19-20-22-24-26-28-30-33-37-41-45-49-53-57-61-72-66(71)60-56-52-48-44-40-36-18-16-14-12-10-8-6-4-2/h10,12,16,18-19,21,54,58,63-64,68-69H,3-9,11,13-15,17,20,22-53,55-57,59-62H2,1-2H3,(H,67,70)/b12-10-,18-16-,21-19-,58-54+. The third kappa shape index (κ3) is 57.1. The summed E-state index contributed by atoms with van der Waals surface area (Å²) in [7, 11) is 0. The Bertz CT molecular complexity index is 1210. The van der Waals surface area contributed by atoms with E-state index in [0.717, 1.165) is 51.4 Å². The summed E-state index contributed by atoms with van der Waals surface area (Å²) in [5, 5.41) is 23.1. The van der Waals surface area contributed by atoms with Crippen LogP contribution in [0.25, 0.3) is 0 Å². The molecule has 0 spiro atoms. The van der Waals surface area contributed by atoms with Gasteiger partial charge in [-0.25, -0.2) is 0 Å². The number of nitrogens with one attached hydrogen (secondary N) is 1. The van der Waals surface area contributed by atoms with E-state index >= 15 is 0 Å². The van der Waals surface area contributed by atoms with Crippen LogP contribution in [0, 0.1) is 0 Å². The van der Waals surface area contributed by atoms with Crippen molar-refractivity contribution < 1.29 is 24.5 Å². The summed E-state index contributed by atoms with van der Waals surface area (Å²) >= 11 is 0. The van der Waals surface area contributed by atoms with Gasteiger partial charge in [0.15, 0.2) is 0 Å². The van der Waals surface area contributed by atoms with Crippen molar-refractivity contribution in [3.05, 3.63) is 48.6 Å². The van der Waals surface area contributed by atoms with Crippen molar-refractivity contribution in [3.63, 3.8) is 0 Å². The zero-order chi connectivity index (χ0) is 52.2. The molecule has 72 heavy (non-hydrogen) atoms. The minimum absolute atomic E-state index is 0.00103. The van der Waals surface area contributed by atoms with Gasteiger partial charge >= 0.3 is 5.97 Å². The highest BCUT2D eigenvalue weighted by Crippen LogP contribution is 2.17. The molecule has 0 aliphatic rings. The Kier molecular flexibility index (Phi) is 59.5. The van der Waals surface area contributed by atoms with Gasteiger partial charge < -0.3 is 20.3 Å². The number of hydrogen-bond acceptors (Lipinski definition) is 5. The van der Waals surface area contributed by atoms with Gasteiger partial charge in [-0.1, -0.05) is 287 Å². The van der Waals surface area contributed by atoms with Crippen LogP contribution in [-0.2, 0) is 14.3 Å². The van der Waals surface area contributed by atoms with Crippen LogP contribution in [0.15, 0.2) is 48.6 Å². The van der Waals surface area contributed by atoms with Crippen LogP contribution in [0.1, 0.15) is 335 Å². The highest BCUT2D eigenvalue weighted by molar-refractivity contribution is 5.76. The van der Waals surface area contributed by atoms with E-state index in [1.54, 1.807) is 6.08 Å². The normalized spacial score (nSPS) is 12.9. The lowest BCUT2D eigenvalue weighted by Crippen LogP contribution is -2.45. The predicted octanol–water partition coefficient (Wildman–Crippen LogP) is 20.1. The Balaban J connectivity index is 3.42. The maximum Gasteiger partial charge on any atom is 0.305 e. The van der Waals surface area contributed by atoms with E-state index in [1.807, 2.05) is 6.08 Å². The zero-order valence-corrected chi connectivity index (χ0v) is 48.2. The molecule has 0 bridgehead atoms. The van der Waals surface area contributed by atoms with Gasteiger partial charge in [0.25, 0.3) is 0 Å². The molecular formula is C66H123NO5. The number of allylic oxidation sites excluding steroid dienone is 7. The number of ether oxygens (including phenoxy) is 1. The summed E-state index contributed by atoms with van der Waals surface area (Å²) in [4.78, 5) is 24.5. The van der Waals surface area contributed by atoms with Gasteiger partial charge in [0.05, 0.1) is 25.4 Å². The zero-order valence-electron chi connectivity index (χ0n) is 48.2. The summed E-state index contributed by atoms with van der Waals surface area (Å²) in [5.41, 5.74) is 0. The molecular weight excluding hydrogens is 887 g/mol. The highest BCUT2D eigenvalue weighted by Gasteiger charge is 2.18. The molecule has 0 aliphatic heterocycles. The van der Waals surface area contributed by atoms with E-state index in [-0.39, 0.29) is 18.5 Å². The summed E-state index contributed by atoms with van der Waals surface area (Å²) in [5.74, 6) is -0.0701. The first-order chi connectivity index (χ1) is 35.5. The Labute approximate surface area is 448 Å². The Morgan fingerprint density at radius 1 is 0.389 bits per heavy atom. The maximum atomic E-state index is 12.5. The molecule has 0 saturated heterocycles. The highest BCUT2D eigenvalue weighted by atomic mass is 16.5. The van der Waals surface area contributed by atoms with Crippen molar-refractivity contribution in [1.29, 1.82) is 0 Å². The van der Waals surface area contributed by atoms with E-state index in [1.165, 1.54) is 257 Å². The third-order valence-corrected chi connectivity index (χ3v) is 14.6. The van der Waals surface area contributed by atoms with Gasteiger partial charge in [-0.3, -0.25) is 9.59 Å². The third-order valence-electron chi connectivity index (χ3n) is 14.6. The lowest BCUT2D eigenvalue weighted by Gasteiger charge is -2.20. The van der Waals surface area contributed by atoms with Gasteiger partial charge in [0.2, 0.25) is 5.91 Å². The number of unbranched alkanes of at least 4 members (excludes halogenated alkanes) is 42. The summed E-state index contributed by atoms with van der Waals surface area (Å²) in [6.45, 7) is 4.87. The first-order valence-electron chi connectivity index (χ1n) is 31.9. The average molecular weight is 1010 g/mol. The Hall–Kier alpha value is -2.18. The van der Waals surface area contributed by atoms with Crippen LogP contribution in [0.4, 0.5) is 0 Å². The monoisotopic (exact) mass is 1010 g/mol. The summed E-state index contributed by atoms with van der Waals surface area (Å²) in [6, 6.07) is -0.630. The molecule has 2 unspecified atom stereocenters. The fraction of sp³-hybridized carbons (Fsp3) is 0.848. The molecule has 3 N–H and O–H groups in total. The van der Waals surface area contributed by atoms with Gasteiger partial charge in [-0.05, 0) is 83.5 Å². The first kappa shape index (κ1) is 69.8. The van der Waals surface area contributed by atoms with E-state index in [4.69, 9.17) is 4.74 Å². The van der Waals surface area contributed by atoms with Crippen molar-refractivity contribution in [2.24, 2.45) is 0 Å². The molecule has 1 amide bonds. The molecule has 0 saturated carbocycles. The number of hydrogen-bond donors (Lipinski definition) is 3. The van der Waals surface area contributed by atoms with E-state index < -0.39 is 12.1 Å². The Morgan fingerprint density at radius 3 is 1.11 bits per heavy atom. The molecule has 0 aromatic heterocycles. The lowest BCUT2D eigenvalue weighted by molar-refractivity contribution is -0.143. The minimum Gasteiger partial charge on any atom is -0.466 e. The fourth-order valence-electron chi connectivity index (χ4n) is 9.65. The fourth-order valence-corrected chi connectivity index (χ4v) is 9.65. The van der Waals surface area contributed by atoms with Crippen molar-refractivity contribution in [1.82, 2.24) is 5.32 Å². The molecule has 0 radical (unpaired) electrons. The van der Waals surface area contributed by atoms with Crippen molar-refractivity contribution >= 4 is 11.9 Å². The molecule has 0 aliphatic carbocycles. The number of esters is 1. The number of carbonyl (C=O) groups is 2. The van der Waals surface area contributed by atoms with Gasteiger partial charge in [0, 0.05) is 12.8 Å². The largest absolute Gasteiger partial charge is 0.466 e. The van der Waals surface area contributed by atoms with Crippen molar-refractivity contribution in [2.45, 2.75) is 347 Å². The van der Waals surface area contributed by atoms with Crippen molar-refractivity contribution in [3.8, 4) is 0 Å². The minimum atomic E-state index is -0.846. The number of carbonyl (C=O) groups excluding carboxylic acids is 2. The summed E-state index contributed by atoms with van der Waals surface area (Å²) in [6.07, 6.45) is 78.7. The summed E-state index contributed by atoms with van der Waals surface area (Å²) < 4.78 is 5.47. The molecule has 0 rings (SSSR count). The van der Waals surface area contributed by atoms with Crippen molar-refractivity contribution in [2.75, 3.05) is 13.2 Å². The quantitative estimate of drug-likeness (QED) is 0.0320. The second kappa shape index (κ2) is 61.4. The van der Waals surface area contributed by atoms with Gasteiger partial charge in [-0.15, -0.1) is 0 Å². The van der Waals surface area contributed by atoms with Crippen LogP contribution in [0.2, 0.25) is 0 Å². The van der Waals surface area contributed by atoms with Crippen LogP contribution >= 0.6 is 0 Å². The molecule has 422 valence electrons. The average Bonchev–Trinajstić information content (AvgIpc) is 3.38. The van der Waals surface area contributed by atoms with Gasteiger partial charge in [-0.2, -0.15) is 0 Å². The van der Waals surface area contributed by atoms with E-state index in [2.05, 4.69) is 55.6 Å². The Morgan fingerprint density at radius 2 is 0.708 bits per heavy atom. The molecule has 0 aromatic rings. The number of aliphatic hydroxyl groups is 2. The smallest absolute Gasteiger partial charge is 0.305 e. The molecule has 0 fully saturated rings. The second-order valence-electron chi connectivity index (χ2n) is 21.7. The van der Waals surface area contributed by atoms with E-state index in [9.17, 15) is 19.8 Å². The second-order valence-corrected chi connectivity index (χ2v) is 21.7. The molecule has 6 nitrogen and oxygen atoms in total. The van der Waals surface area contributed by atoms with E-state index in [0.29, 0.717) is 19.4 Å². The SMILES string of the molecule is CCCC/C=C\C/C=C\CCCCCCCC(=O)OCCCCCCCCCCCCCC/C=C\CCCCCCCCCCCCC(=O)NC(CO)C(O)/C=C/CCCCCCCCCCCCCCC. The molecule has 2 atom stereocenters. The van der Waals surface area contributed by atoms with Gasteiger partial charge in [0.1, 0.15) is 0 Å². The van der Waals surface area contributed by atoms with Crippen LogP contribution in [-0.4, -0.2) is 47.4 Å². The van der Waals surface area contributed by atoms with Crippen LogP contribution < -0.4 is 5.32 Å². The topological polar surface area (TPSA) is 95.9 Å². The predicted molar refractivity (Wildman–Crippen MR) is 315 cm³/mol. The number of amides is 1. The molecule has 0 heterocycles. The maximum absolute atomic E-state index is 12.5. The first-order valence-corrected chi connectivity index (χ1v) is 31.9. The lowest BCUT2D eigenvalue weighted by atomic mass is 10.0. The number of rotatable bonds is 59.